The van der Waals surface area contributed by atoms with Gasteiger partial charge in [0, 0.05) is 18.6 Å². The van der Waals surface area contributed by atoms with Crippen molar-refractivity contribution in [3.05, 3.63) is 0 Å². The van der Waals surface area contributed by atoms with Crippen molar-refractivity contribution in [1.82, 2.24) is 10.2 Å². The van der Waals surface area contributed by atoms with Gasteiger partial charge in [0.2, 0.25) is 0 Å². The summed E-state index contributed by atoms with van der Waals surface area (Å²) in [5, 5.41) is 3.65. The molecule has 2 aliphatic rings. The lowest BCUT2D eigenvalue weighted by Gasteiger charge is -2.45. The van der Waals surface area contributed by atoms with E-state index in [2.05, 4.69) is 37.9 Å². The van der Waals surface area contributed by atoms with Crippen LogP contribution < -0.4 is 5.32 Å². The Morgan fingerprint density at radius 3 is 2.61 bits per heavy atom. The average Bonchev–Trinajstić information content (AvgIpc) is 2.78. The summed E-state index contributed by atoms with van der Waals surface area (Å²) < 4.78 is 0. The summed E-state index contributed by atoms with van der Waals surface area (Å²) in [6.45, 7) is 13.4. The van der Waals surface area contributed by atoms with Crippen LogP contribution in [-0.4, -0.2) is 36.6 Å². The average molecular weight is 252 g/mol. The molecule has 3 atom stereocenters. The second-order valence-corrected chi connectivity index (χ2v) is 7.33. The van der Waals surface area contributed by atoms with E-state index in [1.165, 1.54) is 51.7 Å². The van der Waals surface area contributed by atoms with Crippen LogP contribution >= 0.6 is 0 Å². The molecule has 1 saturated carbocycles. The summed E-state index contributed by atoms with van der Waals surface area (Å²) in [6.07, 6.45) is 6.94. The molecule has 1 heterocycles. The van der Waals surface area contributed by atoms with E-state index in [4.69, 9.17) is 0 Å². The minimum atomic E-state index is 0.570. The summed E-state index contributed by atoms with van der Waals surface area (Å²) >= 11 is 0. The number of hydrogen-bond acceptors (Lipinski definition) is 2. The highest BCUT2D eigenvalue weighted by molar-refractivity contribution is 4.90. The molecule has 0 spiro atoms. The summed E-state index contributed by atoms with van der Waals surface area (Å²) in [6, 6.07) is 1.58. The van der Waals surface area contributed by atoms with Gasteiger partial charge in [-0.05, 0) is 56.5 Å². The van der Waals surface area contributed by atoms with E-state index >= 15 is 0 Å². The molecule has 1 aliphatic heterocycles. The third-order valence-corrected chi connectivity index (χ3v) is 5.14. The van der Waals surface area contributed by atoms with E-state index in [9.17, 15) is 0 Å². The Kier molecular flexibility index (Phi) is 4.71. The van der Waals surface area contributed by atoms with Gasteiger partial charge in [-0.3, -0.25) is 4.90 Å². The van der Waals surface area contributed by atoms with Gasteiger partial charge in [-0.1, -0.05) is 27.7 Å². The second-order valence-electron chi connectivity index (χ2n) is 7.33. The zero-order chi connectivity index (χ0) is 13.2. The number of hydrogen-bond donors (Lipinski definition) is 1. The lowest BCUT2D eigenvalue weighted by molar-refractivity contribution is 0.0584. The molecule has 1 saturated heterocycles. The maximum absolute atomic E-state index is 3.65. The second kappa shape index (κ2) is 5.92. The monoisotopic (exact) mass is 252 g/mol. The summed E-state index contributed by atoms with van der Waals surface area (Å²) in [7, 11) is 0. The van der Waals surface area contributed by atoms with Crippen molar-refractivity contribution >= 4 is 0 Å². The van der Waals surface area contributed by atoms with Crippen LogP contribution in [0.15, 0.2) is 0 Å². The van der Waals surface area contributed by atoms with Crippen LogP contribution in [0, 0.1) is 11.3 Å². The Labute approximate surface area is 114 Å². The van der Waals surface area contributed by atoms with Crippen LogP contribution in [0.4, 0.5) is 0 Å². The smallest absolute Gasteiger partial charge is 0.0195 e. The number of rotatable bonds is 4. The van der Waals surface area contributed by atoms with E-state index in [1.54, 1.807) is 0 Å². The lowest BCUT2D eigenvalue weighted by Crippen LogP contribution is -2.48. The molecule has 106 valence electrons. The Hall–Kier alpha value is -0.0800. The molecule has 0 bridgehead atoms. The molecule has 3 unspecified atom stereocenters. The van der Waals surface area contributed by atoms with Crippen LogP contribution in [0.3, 0.4) is 0 Å². The normalized spacial score (nSPS) is 36.2. The van der Waals surface area contributed by atoms with Gasteiger partial charge in [-0.15, -0.1) is 0 Å². The Morgan fingerprint density at radius 1 is 1.28 bits per heavy atom. The van der Waals surface area contributed by atoms with Crippen molar-refractivity contribution in [1.29, 1.82) is 0 Å². The van der Waals surface area contributed by atoms with Crippen molar-refractivity contribution in [3.63, 3.8) is 0 Å². The van der Waals surface area contributed by atoms with Crippen LogP contribution in [-0.2, 0) is 0 Å². The van der Waals surface area contributed by atoms with Gasteiger partial charge in [0.05, 0.1) is 0 Å². The van der Waals surface area contributed by atoms with Crippen LogP contribution in [0.2, 0.25) is 0 Å². The number of nitrogens with zero attached hydrogens (tertiary/aromatic N) is 1. The van der Waals surface area contributed by atoms with E-state index in [1.807, 2.05) is 0 Å². The van der Waals surface area contributed by atoms with Crippen molar-refractivity contribution in [2.45, 2.75) is 71.9 Å². The van der Waals surface area contributed by atoms with E-state index in [0.29, 0.717) is 5.41 Å². The molecular weight excluding hydrogens is 220 g/mol. The molecule has 2 rings (SSSR count). The molecule has 0 aromatic rings. The maximum Gasteiger partial charge on any atom is 0.0195 e. The highest BCUT2D eigenvalue weighted by Crippen LogP contribution is 2.40. The van der Waals surface area contributed by atoms with E-state index in [0.717, 1.165) is 18.0 Å². The highest BCUT2D eigenvalue weighted by atomic mass is 15.2. The summed E-state index contributed by atoms with van der Waals surface area (Å²) in [4.78, 5) is 2.75. The van der Waals surface area contributed by atoms with Crippen molar-refractivity contribution in [2.75, 3.05) is 19.6 Å². The molecule has 0 amide bonds. The van der Waals surface area contributed by atoms with Crippen LogP contribution in [0.1, 0.15) is 59.8 Å². The zero-order valence-electron chi connectivity index (χ0n) is 12.8. The minimum absolute atomic E-state index is 0.570. The van der Waals surface area contributed by atoms with Crippen LogP contribution in [0.5, 0.6) is 0 Å². The largest absolute Gasteiger partial charge is 0.313 e. The predicted molar refractivity (Wildman–Crippen MR) is 78.9 cm³/mol. The zero-order valence-corrected chi connectivity index (χ0v) is 12.8. The van der Waals surface area contributed by atoms with Gasteiger partial charge < -0.3 is 5.32 Å². The Balaban J connectivity index is 1.91. The van der Waals surface area contributed by atoms with Gasteiger partial charge in [-0.2, -0.15) is 0 Å². The molecule has 2 heteroatoms. The van der Waals surface area contributed by atoms with Gasteiger partial charge in [0.15, 0.2) is 0 Å². The first-order chi connectivity index (χ1) is 8.52. The first kappa shape index (κ1) is 14.3. The molecular formula is C16H32N2. The number of nitrogens with one attached hydrogen (secondary N) is 1. The highest BCUT2D eigenvalue weighted by Gasteiger charge is 2.35. The first-order valence-corrected chi connectivity index (χ1v) is 7.99. The van der Waals surface area contributed by atoms with Gasteiger partial charge >= 0.3 is 0 Å². The molecule has 0 aromatic heterocycles. The van der Waals surface area contributed by atoms with E-state index < -0.39 is 0 Å². The fourth-order valence-corrected chi connectivity index (χ4v) is 4.17. The van der Waals surface area contributed by atoms with Crippen molar-refractivity contribution in [2.24, 2.45) is 11.3 Å². The van der Waals surface area contributed by atoms with Gasteiger partial charge in [0.25, 0.3) is 0 Å². The minimum Gasteiger partial charge on any atom is -0.313 e. The van der Waals surface area contributed by atoms with Crippen LogP contribution in [0.25, 0.3) is 0 Å². The quantitative estimate of drug-likeness (QED) is 0.826. The summed E-state index contributed by atoms with van der Waals surface area (Å²) in [5.41, 5.74) is 0.570. The third kappa shape index (κ3) is 3.48. The molecule has 0 radical (unpaired) electrons. The lowest BCUT2D eigenvalue weighted by atomic mass is 9.70. The first-order valence-electron chi connectivity index (χ1n) is 7.99. The van der Waals surface area contributed by atoms with Gasteiger partial charge in [-0.25, -0.2) is 0 Å². The molecule has 1 aliphatic carbocycles. The fourth-order valence-electron chi connectivity index (χ4n) is 4.17. The standard InChI is InChI=1S/C16H32N2/c1-5-18(12-14-7-6-10-17-14)15-8-9-16(3,4)11-13(15)2/h13-15,17H,5-12H2,1-4H3. The topological polar surface area (TPSA) is 15.3 Å². The number of likely N-dealkylation sites (N-methyl/N-ethyl adjacent to an activating group) is 1. The van der Waals surface area contributed by atoms with Crippen molar-refractivity contribution in [3.8, 4) is 0 Å². The molecule has 2 nitrogen and oxygen atoms in total. The van der Waals surface area contributed by atoms with E-state index in [-0.39, 0.29) is 0 Å². The SMILES string of the molecule is CCN(CC1CCCN1)C1CCC(C)(C)CC1C. The molecule has 1 N–H and O–H groups in total. The third-order valence-electron chi connectivity index (χ3n) is 5.14. The molecule has 0 aromatic carbocycles. The Bertz CT molecular complexity index is 256. The fraction of sp³-hybridized carbons (Fsp3) is 1.00. The maximum atomic E-state index is 3.65. The summed E-state index contributed by atoms with van der Waals surface area (Å²) in [5.74, 6) is 0.857. The Morgan fingerprint density at radius 2 is 2.06 bits per heavy atom. The molecule has 18 heavy (non-hydrogen) atoms. The predicted octanol–water partition coefficient (Wildman–Crippen LogP) is 3.28. The molecule has 2 fully saturated rings. The van der Waals surface area contributed by atoms with Gasteiger partial charge in [0.1, 0.15) is 0 Å². The van der Waals surface area contributed by atoms with Crippen molar-refractivity contribution < 1.29 is 0 Å².